The normalized spacial score (nSPS) is 20.0. The van der Waals surface area contributed by atoms with Crippen molar-refractivity contribution in [3.8, 4) is 5.69 Å². The topological polar surface area (TPSA) is 76.5 Å². The van der Waals surface area contributed by atoms with E-state index in [0.717, 1.165) is 34.6 Å². The van der Waals surface area contributed by atoms with E-state index in [2.05, 4.69) is 10.4 Å². The molecule has 0 unspecified atom stereocenters. The summed E-state index contributed by atoms with van der Waals surface area (Å²) in [7, 11) is 0. The number of carbonyl (C=O) groups is 2. The van der Waals surface area contributed by atoms with Gasteiger partial charge in [0.2, 0.25) is 11.8 Å². The Labute approximate surface area is 180 Å². The van der Waals surface area contributed by atoms with Crippen LogP contribution in [0, 0.1) is 5.92 Å². The highest BCUT2D eigenvalue weighted by Crippen LogP contribution is 2.36. The minimum absolute atomic E-state index is 0.0394. The first-order chi connectivity index (χ1) is 15.1. The molecule has 0 spiro atoms. The lowest BCUT2D eigenvalue weighted by atomic mass is 9.96. The molecule has 2 aliphatic heterocycles. The van der Waals surface area contributed by atoms with E-state index in [-0.39, 0.29) is 23.8 Å². The van der Waals surface area contributed by atoms with Crippen LogP contribution in [0.5, 0.6) is 0 Å². The van der Waals surface area contributed by atoms with Gasteiger partial charge in [-0.25, -0.2) is 4.68 Å². The van der Waals surface area contributed by atoms with E-state index < -0.39 is 0 Å². The number of anilines is 2. The summed E-state index contributed by atoms with van der Waals surface area (Å²) in [6.45, 7) is 2.80. The molecule has 158 valence electrons. The average molecular weight is 416 g/mol. The molecule has 0 radical (unpaired) electrons. The largest absolute Gasteiger partial charge is 0.373 e. The molecule has 2 amide bonds. The van der Waals surface area contributed by atoms with Crippen molar-refractivity contribution in [2.75, 3.05) is 23.4 Å². The van der Waals surface area contributed by atoms with E-state index in [9.17, 15) is 9.59 Å². The monoisotopic (exact) mass is 416 g/mol. The highest BCUT2D eigenvalue weighted by Gasteiger charge is 2.36. The number of para-hydroxylation sites is 1. The highest BCUT2D eigenvalue weighted by atomic mass is 16.5. The fourth-order valence-electron chi connectivity index (χ4n) is 4.43. The van der Waals surface area contributed by atoms with Crippen LogP contribution in [0.2, 0.25) is 0 Å². The molecule has 0 saturated carbocycles. The third-order valence-electron chi connectivity index (χ3n) is 6.00. The van der Waals surface area contributed by atoms with E-state index >= 15 is 0 Å². The quantitative estimate of drug-likeness (QED) is 0.706. The fraction of sp³-hybridized carbons (Fsp3) is 0.292. The molecule has 7 heteroatoms. The van der Waals surface area contributed by atoms with Gasteiger partial charge in [-0.05, 0) is 48.7 Å². The Bertz CT molecular complexity index is 1120. The number of nitrogens with one attached hydrogen (secondary N) is 1. The Morgan fingerprint density at radius 3 is 2.81 bits per heavy atom. The molecule has 0 aliphatic carbocycles. The molecule has 31 heavy (non-hydrogen) atoms. The average Bonchev–Trinajstić information content (AvgIpc) is 3.52. The van der Waals surface area contributed by atoms with E-state index in [1.54, 1.807) is 22.7 Å². The Morgan fingerprint density at radius 2 is 2.00 bits per heavy atom. The zero-order valence-electron chi connectivity index (χ0n) is 17.3. The number of nitrogens with zero attached hydrogens (tertiary/aromatic N) is 3. The molecule has 1 N–H and O–H groups in total. The molecule has 5 rings (SSSR count). The Balaban J connectivity index is 1.31. The maximum Gasteiger partial charge on any atom is 0.230 e. The number of ether oxygens (including phenoxy) is 1. The van der Waals surface area contributed by atoms with Crippen LogP contribution in [0.15, 0.2) is 60.9 Å². The fourth-order valence-corrected chi connectivity index (χ4v) is 4.43. The van der Waals surface area contributed by atoms with Crippen LogP contribution < -0.4 is 10.2 Å². The summed E-state index contributed by atoms with van der Waals surface area (Å²) in [4.78, 5) is 26.6. The second kappa shape index (κ2) is 8.00. The third kappa shape index (κ3) is 3.72. The lowest BCUT2D eigenvalue weighted by molar-refractivity contribution is -0.121. The first kappa shape index (κ1) is 19.5. The number of aromatic nitrogens is 2. The summed E-state index contributed by atoms with van der Waals surface area (Å²) in [5, 5.41) is 7.49. The second-order valence-corrected chi connectivity index (χ2v) is 7.99. The van der Waals surface area contributed by atoms with Crippen LogP contribution in [-0.2, 0) is 20.7 Å². The minimum atomic E-state index is -0.319. The summed E-state index contributed by atoms with van der Waals surface area (Å²) in [5.41, 5.74) is 4.62. The lowest BCUT2D eigenvalue weighted by Gasteiger charge is -2.18. The summed E-state index contributed by atoms with van der Waals surface area (Å²) in [6.07, 6.45) is 4.84. The van der Waals surface area contributed by atoms with Gasteiger partial charge < -0.3 is 15.0 Å². The van der Waals surface area contributed by atoms with E-state index in [1.807, 2.05) is 54.7 Å². The van der Waals surface area contributed by atoms with Crippen LogP contribution >= 0.6 is 0 Å². The number of rotatable bonds is 4. The first-order valence-electron chi connectivity index (χ1n) is 10.5. The van der Waals surface area contributed by atoms with Crippen molar-refractivity contribution in [3.05, 3.63) is 72.1 Å². The second-order valence-electron chi connectivity index (χ2n) is 7.99. The van der Waals surface area contributed by atoms with Crippen molar-refractivity contribution >= 4 is 23.2 Å². The van der Waals surface area contributed by atoms with Gasteiger partial charge in [0.25, 0.3) is 0 Å². The number of benzene rings is 2. The number of hydrogen-bond donors (Lipinski definition) is 1. The van der Waals surface area contributed by atoms with E-state index in [1.165, 1.54) is 0 Å². The van der Waals surface area contributed by atoms with Gasteiger partial charge in [-0.15, -0.1) is 0 Å². The van der Waals surface area contributed by atoms with Gasteiger partial charge in [0, 0.05) is 43.2 Å². The molecule has 7 nitrogen and oxygen atoms in total. The predicted molar refractivity (Wildman–Crippen MR) is 117 cm³/mol. The summed E-state index contributed by atoms with van der Waals surface area (Å²) in [6, 6.07) is 15.6. The standard InChI is InChI=1S/C24H24N4O3/c1-16(29)27-11-9-17-13-19(7-8-22(17)27)26-24(30)21-10-12-31-23(21)18-14-25-28(15-18)20-5-3-2-4-6-20/h2-8,13-15,21,23H,9-12H2,1H3,(H,26,30)/t21-,23+/m0/s1. The number of hydrogen-bond acceptors (Lipinski definition) is 4. The van der Waals surface area contributed by atoms with Crippen LogP contribution in [0.3, 0.4) is 0 Å². The molecule has 2 aromatic carbocycles. The zero-order chi connectivity index (χ0) is 21.4. The maximum atomic E-state index is 13.1. The molecule has 2 atom stereocenters. The Hall–Kier alpha value is -3.45. The summed E-state index contributed by atoms with van der Waals surface area (Å²) >= 11 is 0. The molecule has 2 aliphatic rings. The maximum absolute atomic E-state index is 13.1. The molecular weight excluding hydrogens is 392 g/mol. The van der Waals surface area contributed by atoms with Gasteiger partial charge in [-0.3, -0.25) is 9.59 Å². The van der Waals surface area contributed by atoms with Crippen LogP contribution in [0.4, 0.5) is 11.4 Å². The smallest absolute Gasteiger partial charge is 0.230 e. The molecule has 3 heterocycles. The van der Waals surface area contributed by atoms with E-state index in [4.69, 9.17) is 4.74 Å². The van der Waals surface area contributed by atoms with Gasteiger partial charge >= 0.3 is 0 Å². The lowest BCUT2D eigenvalue weighted by Crippen LogP contribution is -2.26. The molecule has 3 aromatic rings. The highest BCUT2D eigenvalue weighted by molar-refractivity contribution is 5.96. The molecular formula is C24H24N4O3. The van der Waals surface area contributed by atoms with Crippen LogP contribution in [0.25, 0.3) is 5.69 Å². The number of carbonyl (C=O) groups excluding carboxylic acids is 2. The summed E-state index contributed by atoms with van der Waals surface area (Å²) in [5.74, 6) is -0.302. The molecule has 1 saturated heterocycles. The predicted octanol–water partition coefficient (Wildman–Crippen LogP) is 3.50. The van der Waals surface area contributed by atoms with Crippen LogP contribution in [0.1, 0.15) is 30.6 Å². The Morgan fingerprint density at radius 1 is 1.16 bits per heavy atom. The van der Waals surface area contributed by atoms with Gasteiger partial charge in [-0.1, -0.05) is 18.2 Å². The number of amides is 2. The molecule has 1 aromatic heterocycles. The van der Waals surface area contributed by atoms with E-state index in [0.29, 0.717) is 19.6 Å². The van der Waals surface area contributed by atoms with Gasteiger partial charge in [0.1, 0.15) is 0 Å². The van der Waals surface area contributed by atoms with Crippen molar-refractivity contribution in [1.82, 2.24) is 9.78 Å². The Kier molecular flexibility index (Phi) is 5.03. The van der Waals surface area contributed by atoms with Crippen molar-refractivity contribution < 1.29 is 14.3 Å². The molecule has 0 bridgehead atoms. The van der Waals surface area contributed by atoms with Crippen molar-refractivity contribution in [2.24, 2.45) is 5.92 Å². The van der Waals surface area contributed by atoms with Crippen molar-refractivity contribution in [1.29, 1.82) is 0 Å². The first-order valence-corrected chi connectivity index (χ1v) is 10.5. The van der Waals surface area contributed by atoms with Crippen molar-refractivity contribution in [2.45, 2.75) is 25.9 Å². The number of fused-ring (bicyclic) bond motifs is 1. The molecule has 1 fully saturated rings. The third-order valence-corrected chi connectivity index (χ3v) is 6.00. The zero-order valence-corrected chi connectivity index (χ0v) is 17.3. The van der Waals surface area contributed by atoms with Gasteiger partial charge in [0.05, 0.1) is 23.9 Å². The van der Waals surface area contributed by atoms with Crippen molar-refractivity contribution in [3.63, 3.8) is 0 Å². The summed E-state index contributed by atoms with van der Waals surface area (Å²) < 4.78 is 7.71. The minimum Gasteiger partial charge on any atom is -0.373 e. The van der Waals surface area contributed by atoms with Gasteiger partial charge in [0.15, 0.2) is 0 Å². The van der Waals surface area contributed by atoms with Gasteiger partial charge in [-0.2, -0.15) is 5.10 Å². The van der Waals surface area contributed by atoms with Crippen LogP contribution in [-0.4, -0.2) is 34.7 Å². The SMILES string of the molecule is CC(=O)N1CCc2cc(NC(=O)[C@H]3CCO[C@@H]3c3cnn(-c4ccccc4)c3)ccc21.